The van der Waals surface area contributed by atoms with Crippen LogP contribution in [0.3, 0.4) is 0 Å². The van der Waals surface area contributed by atoms with Crippen molar-refractivity contribution >= 4 is 21.8 Å². The standard InChI is InChI=1S/C44H40N2/c1-5-29-21-15-22-30(6-2)41(29)39-27-37(33-17-11-9-12-18-33)35-25-26-36-38(34-19-13-10-14-20-34)28-40(46-44(36)43(35)45-39)42-31(7-3)23-16-24-32(42)8-4/h9-28H,5-8H2,1-4H3. The SMILES string of the molecule is CCc1cccc(CC)c1-c1cc(-c2ccccc2)c2ccc3c(-c4ccccc4)cc(-c4c(CC)cccc4CC)nc3c2n1. The second-order valence-electron chi connectivity index (χ2n) is 12.0. The molecule has 7 rings (SSSR count). The highest BCUT2D eigenvalue weighted by molar-refractivity contribution is 6.13. The van der Waals surface area contributed by atoms with Gasteiger partial charge in [-0.1, -0.05) is 137 Å². The summed E-state index contributed by atoms with van der Waals surface area (Å²) in [4.78, 5) is 11.1. The van der Waals surface area contributed by atoms with E-state index in [4.69, 9.17) is 9.97 Å². The Labute approximate surface area is 272 Å². The highest BCUT2D eigenvalue weighted by atomic mass is 14.8. The van der Waals surface area contributed by atoms with Gasteiger partial charge >= 0.3 is 0 Å². The Hall–Kier alpha value is -5.08. The molecule has 2 aromatic heterocycles. The Kier molecular flexibility index (Phi) is 8.20. The molecule has 0 aliphatic rings. The molecule has 0 atom stereocenters. The van der Waals surface area contributed by atoms with Crippen LogP contribution in [0.1, 0.15) is 49.9 Å². The number of hydrogen-bond acceptors (Lipinski definition) is 2. The van der Waals surface area contributed by atoms with Crippen molar-refractivity contribution in [3.05, 3.63) is 144 Å². The summed E-state index contributed by atoms with van der Waals surface area (Å²) < 4.78 is 0. The minimum atomic E-state index is 0.952. The van der Waals surface area contributed by atoms with E-state index in [1.807, 2.05) is 0 Å². The van der Waals surface area contributed by atoms with Gasteiger partial charge in [-0.3, -0.25) is 0 Å². The highest BCUT2D eigenvalue weighted by Crippen LogP contribution is 2.41. The predicted molar refractivity (Wildman–Crippen MR) is 196 cm³/mol. The van der Waals surface area contributed by atoms with Crippen LogP contribution in [0.5, 0.6) is 0 Å². The van der Waals surface area contributed by atoms with Crippen molar-refractivity contribution < 1.29 is 0 Å². The van der Waals surface area contributed by atoms with E-state index in [0.29, 0.717) is 0 Å². The zero-order chi connectivity index (χ0) is 31.6. The summed E-state index contributed by atoms with van der Waals surface area (Å²) in [5, 5.41) is 2.25. The van der Waals surface area contributed by atoms with Crippen LogP contribution in [0.25, 0.3) is 66.6 Å². The largest absolute Gasteiger partial charge is 0.245 e. The van der Waals surface area contributed by atoms with Crippen LogP contribution in [-0.2, 0) is 25.7 Å². The van der Waals surface area contributed by atoms with Gasteiger partial charge in [0.1, 0.15) is 0 Å². The number of benzene rings is 5. The number of nitrogens with zero attached hydrogens (tertiary/aromatic N) is 2. The minimum absolute atomic E-state index is 0.952. The first-order chi connectivity index (χ1) is 22.6. The molecule has 0 aliphatic carbocycles. The Morgan fingerprint density at radius 1 is 0.391 bits per heavy atom. The molecule has 0 saturated carbocycles. The molecule has 0 N–H and O–H groups in total. The van der Waals surface area contributed by atoms with Crippen molar-refractivity contribution in [3.63, 3.8) is 0 Å². The first-order valence-electron chi connectivity index (χ1n) is 16.8. The molecule has 0 saturated heterocycles. The molecule has 226 valence electrons. The zero-order valence-electron chi connectivity index (χ0n) is 27.3. The van der Waals surface area contributed by atoms with Crippen molar-refractivity contribution in [2.45, 2.75) is 53.4 Å². The van der Waals surface area contributed by atoms with Gasteiger partial charge in [0.05, 0.1) is 22.4 Å². The summed E-state index contributed by atoms with van der Waals surface area (Å²) in [6.45, 7) is 8.96. The predicted octanol–water partition coefficient (Wildman–Crippen LogP) is 11.7. The number of aromatic nitrogens is 2. The van der Waals surface area contributed by atoms with E-state index >= 15 is 0 Å². The van der Waals surface area contributed by atoms with Crippen LogP contribution >= 0.6 is 0 Å². The molecule has 0 fully saturated rings. The third-order valence-electron chi connectivity index (χ3n) is 9.44. The maximum Gasteiger partial charge on any atom is 0.0978 e. The van der Waals surface area contributed by atoms with E-state index in [1.54, 1.807) is 0 Å². The van der Waals surface area contributed by atoms with Crippen LogP contribution in [0.2, 0.25) is 0 Å². The van der Waals surface area contributed by atoms with Crippen LogP contribution in [0.15, 0.2) is 121 Å². The molecule has 2 nitrogen and oxygen atoms in total. The average molecular weight is 597 g/mol. The average Bonchev–Trinajstić information content (AvgIpc) is 3.13. The van der Waals surface area contributed by atoms with Crippen molar-refractivity contribution in [2.75, 3.05) is 0 Å². The molecule has 7 aromatic rings. The first-order valence-corrected chi connectivity index (χ1v) is 16.8. The van der Waals surface area contributed by atoms with Gasteiger partial charge in [0.15, 0.2) is 0 Å². The van der Waals surface area contributed by atoms with Gasteiger partial charge in [-0.25, -0.2) is 9.97 Å². The number of pyridine rings is 2. The second-order valence-corrected chi connectivity index (χ2v) is 12.0. The Bertz CT molecular complexity index is 1980. The van der Waals surface area contributed by atoms with Gasteiger partial charge in [0.25, 0.3) is 0 Å². The summed E-state index contributed by atoms with van der Waals surface area (Å²) in [6.07, 6.45) is 3.81. The summed E-state index contributed by atoms with van der Waals surface area (Å²) in [5.41, 5.74) is 16.5. The molecule has 0 bridgehead atoms. The summed E-state index contributed by atoms with van der Waals surface area (Å²) in [5.74, 6) is 0. The third-order valence-corrected chi connectivity index (χ3v) is 9.44. The van der Waals surface area contributed by atoms with Crippen LogP contribution in [-0.4, -0.2) is 9.97 Å². The monoisotopic (exact) mass is 596 g/mol. The van der Waals surface area contributed by atoms with Gasteiger partial charge in [-0.2, -0.15) is 0 Å². The van der Waals surface area contributed by atoms with Crippen molar-refractivity contribution in [1.82, 2.24) is 9.97 Å². The topological polar surface area (TPSA) is 25.8 Å². The van der Waals surface area contributed by atoms with Crippen molar-refractivity contribution in [3.8, 4) is 44.8 Å². The molecule has 0 aliphatic heterocycles. The van der Waals surface area contributed by atoms with Crippen molar-refractivity contribution in [1.29, 1.82) is 0 Å². The molecule has 0 spiro atoms. The van der Waals surface area contributed by atoms with Crippen molar-refractivity contribution in [2.24, 2.45) is 0 Å². The van der Waals surface area contributed by atoms with Gasteiger partial charge < -0.3 is 0 Å². The van der Waals surface area contributed by atoms with Crippen LogP contribution < -0.4 is 0 Å². The second kappa shape index (κ2) is 12.7. The van der Waals surface area contributed by atoms with Crippen LogP contribution in [0, 0.1) is 0 Å². The fourth-order valence-electron chi connectivity index (χ4n) is 7.09. The molecule has 2 heteroatoms. The lowest BCUT2D eigenvalue weighted by atomic mass is 9.90. The smallest absolute Gasteiger partial charge is 0.0978 e. The molecule has 46 heavy (non-hydrogen) atoms. The maximum absolute atomic E-state index is 5.57. The fourth-order valence-corrected chi connectivity index (χ4v) is 7.09. The molecule has 2 heterocycles. The van der Waals surface area contributed by atoms with Gasteiger partial charge in [-0.05, 0) is 82.3 Å². The Morgan fingerprint density at radius 2 is 0.739 bits per heavy atom. The summed E-state index contributed by atoms with van der Waals surface area (Å²) >= 11 is 0. The highest BCUT2D eigenvalue weighted by Gasteiger charge is 2.20. The van der Waals surface area contributed by atoms with E-state index in [9.17, 15) is 0 Å². The number of aryl methyl sites for hydroxylation is 4. The first kappa shape index (κ1) is 29.6. The number of fused-ring (bicyclic) bond motifs is 3. The number of rotatable bonds is 8. The minimum Gasteiger partial charge on any atom is -0.245 e. The fraction of sp³-hybridized carbons (Fsp3) is 0.182. The molecular weight excluding hydrogens is 556 g/mol. The zero-order valence-corrected chi connectivity index (χ0v) is 27.3. The Balaban J connectivity index is 1.66. The molecule has 5 aromatic carbocycles. The van der Waals surface area contributed by atoms with E-state index in [1.165, 1.54) is 55.6 Å². The summed E-state index contributed by atoms with van der Waals surface area (Å²) in [7, 11) is 0. The van der Waals surface area contributed by atoms with E-state index < -0.39 is 0 Å². The maximum atomic E-state index is 5.57. The lowest BCUT2D eigenvalue weighted by Gasteiger charge is -2.19. The lowest BCUT2D eigenvalue weighted by Crippen LogP contribution is -2.00. The molecular formula is C44H40N2. The van der Waals surface area contributed by atoms with E-state index in [-0.39, 0.29) is 0 Å². The third kappa shape index (κ3) is 5.18. The van der Waals surface area contributed by atoms with Gasteiger partial charge in [-0.15, -0.1) is 0 Å². The van der Waals surface area contributed by atoms with E-state index in [0.717, 1.165) is 58.9 Å². The number of hydrogen-bond donors (Lipinski definition) is 0. The molecule has 0 radical (unpaired) electrons. The lowest BCUT2D eigenvalue weighted by molar-refractivity contribution is 1.08. The quantitative estimate of drug-likeness (QED) is 0.163. The molecule has 0 unspecified atom stereocenters. The van der Waals surface area contributed by atoms with Crippen LogP contribution in [0.4, 0.5) is 0 Å². The normalized spacial score (nSPS) is 11.4. The Morgan fingerprint density at radius 3 is 1.07 bits per heavy atom. The van der Waals surface area contributed by atoms with Gasteiger partial charge in [0, 0.05) is 21.9 Å². The van der Waals surface area contributed by atoms with E-state index in [2.05, 4.69) is 149 Å². The summed E-state index contributed by atoms with van der Waals surface area (Å²) in [6, 6.07) is 44.0. The molecule has 0 amide bonds. The van der Waals surface area contributed by atoms with Gasteiger partial charge in [0.2, 0.25) is 0 Å².